The first-order valence-corrected chi connectivity index (χ1v) is 10.9. The Hall–Kier alpha value is -4.33. The summed E-state index contributed by atoms with van der Waals surface area (Å²) in [6, 6.07) is 18.2. The number of aromatic amines is 1. The first-order valence-electron chi connectivity index (χ1n) is 10.9. The molecule has 0 bridgehead atoms. The van der Waals surface area contributed by atoms with Crippen LogP contribution in [0.25, 0.3) is 11.3 Å². The zero-order chi connectivity index (χ0) is 23.3. The predicted octanol–water partition coefficient (Wildman–Crippen LogP) is 3.94. The van der Waals surface area contributed by atoms with Gasteiger partial charge in [0.1, 0.15) is 31.3 Å². The molecule has 8 heteroatoms. The maximum Gasteiger partial charge on any atom is 0.257 e. The van der Waals surface area contributed by atoms with Crippen molar-refractivity contribution in [2.24, 2.45) is 0 Å². The Kier molecular flexibility index (Phi) is 6.11. The van der Waals surface area contributed by atoms with E-state index < -0.39 is 0 Å². The van der Waals surface area contributed by atoms with Gasteiger partial charge in [-0.1, -0.05) is 6.07 Å². The van der Waals surface area contributed by atoms with Gasteiger partial charge in [-0.2, -0.15) is 0 Å². The number of fused-ring (bicyclic) bond motifs is 1. The summed E-state index contributed by atoms with van der Waals surface area (Å²) < 4.78 is 23.2. The van der Waals surface area contributed by atoms with Crippen molar-refractivity contribution in [3.8, 4) is 34.4 Å². The van der Waals surface area contributed by atoms with Crippen LogP contribution in [0.5, 0.6) is 23.1 Å². The Bertz CT molecular complexity index is 1340. The van der Waals surface area contributed by atoms with E-state index in [4.69, 9.17) is 18.9 Å². The summed E-state index contributed by atoms with van der Waals surface area (Å²) in [7, 11) is 0. The molecule has 0 fully saturated rings. The van der Waals surface area contributed by atoms with E-state index in [2.05, 4.69) is 15.0 Å². The van der Waals surface area contributed by atoms with E-state index in [-0.39, 0.29) is 18.3 Å². The number of H-pyrrole nitrogens is 1. The minimum Gasteiger partial charge on any atom is -0.489 e. The molecule has 4 heterocycles. The van der Waals surface area contributed by atoms with Gasteiger partial charge in [0.25, 0.3) is 11.4 Å². The molecule has 8 nitrogen and oxygen atoms in total. The van der Waals surface area contributed by atoms with Crippen molar-refractivity contribution in [3.05, 3.63) is 94.7 Å². The monoisotopic (exact) mass is 457 g/mol. The molecule has 4 aromatic rings. The zero-order valence-electron chi connectivity index (χ0n) is 18.6. The van der Waals surface area contributed by atoms with Crippen LogP contribution in [0.4, 0.5) is 0 Å². The third-order valence-corrected chi connectivity index (χ3v) is 5.29. The van der Waals surface area contributed by atoms with Crippen LogP contribution >= 0.6 is 0 Å². The highest BCUT2D eigenvalue weighted by Crippen LogP contribution is 2.30. The van der Waals surface area contributed by atoms with Crippen LogP contribution < -0.4 is 24.5 Å². The smallest absolute Gasteiger partial charge is 0.257 e. The van der Waals surface area contributed by atoms with E-state index in [0.717, 1.165) is 22.6 Å². The summed E-state index contributed by atoms with van der Waals surface area (Å²) >= 11 is 0. The molecule has 1 aromatic carbocycles. The molecule has 1 atom stereocenters. The van der Waals surface area contributed by atoms with Gasteiger partial charge in [-0.3, -0.25) is 9.78 Å². The van der Waals surface area contributed by atoms with Crippen molar-refractivity contribution < 1.29 is 18.9 Å². The number of hydrogen-bond donors (Lipinski definition) is 1. The van der Waals surface area contributed by atoms with E-state index in [0.29, 0.717) is 36.3 Å². The van der Waals surface area contributed by atoms with Gasteiger partial charge in [0, 0.05) is 30.1 Å². The van der Waals surface area contributed by atoms with E-state index in [9.17, 15) is 4.79 Å². The lowest BCUT2D eigenvalue weighted by Crippen LogP contribution is -2.34. The number of rotatable bonds is 7. The van der Waals surface area contributed by atoms with Crippen LogP contribution in [-0.4, -0.2) is 34.3 Å². The first-order chi connectivity index (χ1) is 16.6. The molecule has 0 radical (unpaired) electrons. The number of aryl methyl sites for hydroxylation is 1. The van der Waals surface area contributed by atoms with Gasteiger partial charge in [0.15, 0.2) is 11.9 Å². The van der Waals surface area contributed by atoms with Gasteiger partial charge in [-0.15, -0.1) is 0 Å². The third kappa shape index (κ3) is 5.01. The normalized spacial score (nSPS) is 14.4. The van der Waals surface area contributed by atoms with Crippen molar-refractivity contribution in [2.45, 2.75) is 19.6 Å². The Balaban J connectivity index is 1.26. The van der Waals surface area contributed by atoms with Crippen LogP contribution in [-0.2, 0) is 6.61 Å². The van der Waals surface area contributed by atoms with Crippen LogP contribution in [0.1, 0.15) is 11.3 Å². The van der Waals surface area contributed by atoms with Gasteiger partial charge in [0.05, 0.1) is 11.4 Å². The predicted molar refractivity (Wildman–Crippen MR) is 125 cm³/mol. The second-order valence-corrected chi connectivity index (χ2v) is 7.85. The quantitative estimate of drug-likeness (QED) is 0.449. The molecule has 0 spiro atoms. The summed E-state index contributed by atoms with van der Waals surface area (Å²) in [6.07, 6.45) is 3.08. The molecule has 3 aromatic heterocycles. The van der Waals surface area contributed by atoms with Gasteiger partial charge in [-0.05, 0) is 55.0 Å². The number of hydrogen-bond acceptors (Lipinski definition) is 7. The largest absolute Gasteiger partial charge is 0.489 e. The molecule has 172 valence electrons. The van der Waals surface area contributed by atoms with Gasteiger partial charge >= 0.3 is 0 Å². The summed E-state index contributed by atoms with van der Waals surface area (Å²) in [5.74, 6) is 2.23. The highest BCUT2D eigenvalue weighted by atomic mass is 16.6. The maximum atomic E-state index is 12.3. The van der Waals surface area contributed by atoms with E-state index in [1.54, 1.807) is 30.6 Å². The fraction of sp³-hybridized carbons (Fsp3) is 0.192. The third-order valence-electron chi connectivity index (χ3n) is 5.29. The van der Waals surface area contributed by atoms with Crippen molar-refractivity contribution in [3.63, 3.8) is 0 Å². The van der Waals surface area contributed by atoms with E-state index >= 15 is 0 Å². The molecule has 1 unspecified atom stereocenters. The molecular formula is C26H23N3O5. The van der Waals surface area contributed by atoms with Crippen molar-refractivity contribution in [2.75, 3.05) is 13.2 Å². The molecular weight excluding hydrogens is 434 g/mol. The number of ether oxygens (including phenoxy) is 4. The van der Waals surface area contributed by atoms with Gasteiger partial charge in [0.2, 0.25) is 0 Å². The highest BCUT2D eigenvalue weighted by Gasteiger charge is 2.22. The van der Waals surface area contributed by atoms with E-state index in [1.165, 1.54) is 6.07 Å². The van der Waals surface area contributed by atoms with Crippen LogP contribution in [0.3, 0.4) is 0 Å². The minimum absolute atomic E-state index is 0.233. The Labute approximate surface area is 196 Å². The van der Waals surface area contributed by atoms with Crippen LogP contribution in [0.2, 0.25) is 0 Å². The lowest BCUT2D eigenvalue weighted by Gasteiger charge is -2.25. The topological polar surface area (TPSA) is 95.6 Å². The molecule has 1 aliphatic heterocycles. The minimum atomic E-state index is -0.309. The van der Waals surface area contributed by atoms with Crippen molar-refractivity contribution in [1.82, 2.24) is 15.0 Å². The maximum absolute atomic E-state index is 12.3. The number of nitrogens with one attached hydrogen (secondary N) is 1. The van der Waals surface area contributed by atoms with Gasteiger partial charge in [-0.25, -0.2) is 4.98 Å². The summed E-state index contributed by atoms with van der Waals surface area (Å²) in [4.78, 5) is 23.6. The molecule has 0 amide bonds. The molecule has 34 heavy (non-hydrogen) atoms. The van der Waals surface area contributed by atoms with Crippen molar-refractivity contribution in [1.29, 1.82) is 0 Å². The lowest BCUT2D eigenvalue weighted by atomic mass is 10.0. The summed E-state index contributed by atoms with van der Waals surface area (Å²) in [5.41, 5.74) is 3.10. The number of nitrogens with zero attached hydrogens (tertiary/aromatic N) is 2. The molecule has 0 saturated carbocycles. The Morgan fingerprint density at radius 1 is 1.00 bits per heavy atom. The fourth-order valence-electron chi connectivity index (χ4n) is 3.65. The summed E-state index contributed by atoms with van der Waals surface area (Å²) in [6.45, 7) is 2.90. The Morgan fingerprint density at radius 2 is 1.91 bits per heavy atom. The number of pyridine rings is 3. The molecule has 1 aliphatic rings. The lowest BCUT2D eigenvalue weighted by molar-refractivity contribution is 0.0500. The molecule has 1 N–H and O–H groups in total. The standard InChI is InChI=1S/C26H23N3O5/c1-17-11-19(31-14-18-5-2-3-9-27-18)7-8-22(17)23-12-20(13-25(30)29-23)32-15-21-16-33-26-24(34-21)6-4-10-28-26/h2-13,21H,14-16H2,1H3,(H,29,30). The highest BCUT2D eigenvalue weighted by molar-refractivity contribution is 5.65. The zero-order valence-corrected chi connectivity index (χ0v) is 18.6. The number of benzene rings is 1. The van der Waals surface area contributed by atoms with Gasteiger partial charge < -0.3 is 23.9 Å². The van der Waals surface area contributed by atoms with E-state index in [1.807, 2.05) is 43.3 Å². The second-order valence-electron chi connectivity index (χ2n) is 7.85. The SMILES string of the molecule is Cc1cc(OCc2ccccn2)ccc1-c1cc(OCC2COc3ncccc3O2)cc(=O)[nH]1. The second kappa shape index (κ2) is 9.66. The fourth-order valence-corrected chi connectivity index (χ4v) is 3.65. The number of aromatic nitrogens is 3. The summed E-state index contributed by atoms with van der Waals surface area (Å²) in [5, 5.41) is 0. The molecule has 0 saturated heterocycles. The molecule has 0 aliphatic carbocycles. The first kappa shape index (κ1) is 21.5. The Morgan fingerprint density at radius 3 is 2.76 bits per heavy atom. The van der Waals surface area contributed by atoms with Crippen LogP contribution in [0.15, 0.2) is 77.9 Å². The van der Waals surface area contributed by atoms with Crippen molar-refractivity contribution >= 4 is 0 Å². The van der Waals surface area contributed by atoms with Crippen LogP contribution in [0, 0.1) is 6.92 Å². The molecule has 5 rings (SSSR count). The average Bonchev–Trinajstić information content (AvgIpc) is 2.86. The average molecular weight is 457 g/mol.